The maximum atomic E-state index is 12.0. The quantitative estimate of drug-likeness (QED) is 0.769. The Labute approximate surface area is 134 Å². The normalized spacial score (nSPS) is 14.3. The number of alkyl halides is 3. The summed E-state index contributed by atoms with van der Waals surface area (Å²) < 4.78 is 40.5. The number of benzene rings is 1. The number of carbonyl (C=O) groups excluding carboxylic acids is 1. The molecule has 130 valence electrons. The van der Waals surface area contributed by atoms with Gasteiger partial charge in [0.05, 0.1) is 12.6 Å². The molecule has 0 aromatic heterocycles. The fourth-order valence-corrected chi connectivity index (χ4v) is 1.86. The first kappa shape index (κ1) is 19.4. The first-order chi connectivity index (χ1) is 10.7. The van der Waals surface area contributed by atoms with Crippen LogP contribution in [0.2, 0.25) is 0 Å². The summed E-state index contributed by atoms with van der Waals surface area (Å²) in [5.74, 6) is -0.111. The van der Waals surface area contributed by atoms with Crippen LogP contribution < -0.4 is 11.1 Å². The SMILES string of the molecule is CCC(C)C(N)C(=O)NCc1ccc(COCC(F)(F)F)cc1. The number of amides is 1. The van der Waals surface area contributed by atoms with Crippen LogP contribution in [0.1, 0.15) is 31.4 Å². The molecule has 4 nitrogen and oxygen atoms in total. The molecule has 2 atom stereocenters. The van der Waals surface area contributed by atoms with Crippen molar-refractivity contribution >= 4 is 5.91 Å². The lowest BCUT2D eigenvalue weighted by atomic mass is 9.99. The number of nitrogens with two attached hydrogens (primary N) is 1. The number of hydrogen-bond donors (Lipinski definition) is 2. The van der Waals surface area contributed by atoms with Crippen molar-refractivity contribution in [1.29, 1.82) is 0 Å². The lowest BCUT2D eigenvalue weighted by molar-refractivity contribution is -0.176. The summed E-state index contributed by atoms with van der Waals surface area (Å²) in [6.45, 7) is 2.84. The van der Waals surface area contributed by atoms with Crippen LogP contribution in [0.25, 0.3) is 0 Å². The highest BCUT2D eigenvalue weighted by atomic mass is 19.4. The zero-order chi connectivity index (χ0) is 17.5. The van der Waals surface area contributed by atoms with E-state index in [4.69, 9.17) is 5.73 Å². The predicted octanol–water partition coefficient (Wildman–Crippen LogP) is 2.76. The van der Waals surface area contributed by atoms with E-state index < -0.39 is 18.8 Å². The van der Waals surface area contributed by atoms with Gasteiger partial charge in [-0.1, -0.05) is 44.5 Å². The Hall–Kier alpha value is -1.60. The lowest BCUT2D eigenvalue weighted by Crippen LogP contribution is -2.44. The van der Waals surface area contributed by atoms with Gasteiger partial charge in [-0.2, -0.15) is 13.2 Å². The maximum absolute atomic E-state index is 12.0. The predicted molar refractivity (Wildman–Crippen MR) is 81.4 cm³/mol. The molecule has 7 heteroatoms. The Kier molecular flexibility index (Phi) is 7.51. The van der Waals surface area contributed by atoms with Gasteiger partial charge in [0.15, 0.2) is 0 Å². The molecular weight excluding hydrogens is 309 g/mol. The summed E-state index contributed by atoms with van der Waals surface area (Å²) in [5, 5.41) is 2.75. The van der Waals surface area contributed by atoms with Crippen LogP contribution >= 0.6 is 0 Å². The molecule has 0 heterocycles. The molecule has 0 bridgehead atoms. The summed E-state index contributed by atoms with van der Waals surface area (Å²) in [5.41, 5.74) is 7.31. The Bertz CT molecular complexity index is 489. The average Bonchev–Trinajstić information content (AvgIpc) is 2.51. The first-order valence-corrected chi connectivity index (χ1v) is 7.48. The van der Waals surface area contributed by atoms with Gasteiger partial charge in [0, 0.05) is 6.54 Å². The number of carbonyl (C=O) groups is 1. The van der Waals surface area contributed by atoms with Crippen molar-refractivity contribution in [2.45, 2.75) is 45.6 Å². The molecule has 1 rings (SSSR count). The minimum absolute atomic E-state index is 0.100. The molecule has 1 amide bonds. The van der Waals surface area contributed by atoms with E-state index in [1.54, 1.807) is 24.3 Å². The van der Waals surface area contributed by atoms with Crippen LogP contribution in [0.3, 0.4) is 0 Å². The van der Waals surface area contributed by atoms with E-state index in [0.717, 1.165) is 12.0 Å². The van der Waals surface area contributed by atoms with Crippen molar-refractivity contribution in [3.8, 4) is 0 Å². The second-order valence-corrected chi connectivity index (χ2v) is 5.55. The van der Waals surface area contributed by atoms with Gasteiger partial charge in [0.1, 0.15) is 6.61 Å². The molecule has 0 radical (unpaired) electrons. The van der Waals surface area contributed by atoms with Crippen LogP contribution in [0.4, 0.5) is 13.2 Å². The number of halogens is 3. The van der Waals surface area contributed by atoms with Crippen LogP contribution in [0.15, 0.2) is 24.3 Å². The van der Waals surface area contributed by atoms with Gasteiger partial charge in [-0.05, 0) is 17.0 Å². The Balaban J connectivity index is 2.41. The highest BCUT2D eigenvalue weighted by Crippen LogP contribution is 2.16. The van der Waals surface area contributed by atoms with Crippen molar-refractivity contribution in [3.05, 3.63) is 35.4 Å². The zero-order valence-corrected chi connectivity index (χ0v) is 13.3. The van der Waals surface area contributed by atoms with Gasteiger partial charge in [-0.15, -0.1) is 0 Å². The third-order valence-corrected chi connectivity index (χ3v) is 3.58. The van der Waals surface area contributed by atoms with Gasteiger partial charge >= 0.3 is 6.18 Å². The first-order valence-electron chi connectivity index (χ1n) is 7.48. The fraction of sp³-hybridized carbons (Fsp3) is 0.562. The summed E-state index contributed by atoms with van der Waals surface area (Å²) in [7, 11) is 0. The summed E-state index contributed by atoms with van der Waals surface area (Å²) in [6, 6.07) is 6.27. The zero-order valence-electron chi connectivity index (χ0n) is 13.3. The average molecular weight is 332 g/mol. The van der Waals surface area contributed by atoms with Crippen molar-refractivity contribution < 1.29 is 22.7 Å². The van der Waals surface area contributed by atoms with E-state index >= 15 is 0 Å². The molecule has 0 saturated carbocycles. The molecule has 23 heavy (non-hydrogen) atoms. The van der Waals surface area contributed by atoms with E-state index in [1.807, 2.05) is 13.8 Å². The minimum atomic E-state index is -4.32. The molecular formula is C16H23F3N2O2. The molecule has 0 saturated heterocycles. The molecule has 2 unspecified atom stereocenters. The number of rotatable bonds is 8. The van der Waals surface area contributed by atoms with Crippen molar-refractivity contribution in [2.75, 3.05) is 6.61 Å². The van der Waals surface area contributed by atoms with Crippen LogP contribution in [-0.2, 0) is 22.7 Å². The number of nitrogens with one attached hydrogen (secondary N) is 1. The van der Waals surface area contributed by atoms with E-state index in [-0.39, 0.29) is 18.4 Å². The largest absolute Gasteiger partial charge is 0.411 e. The van der Waals surface area contributed by atoms with Gasteiger partial charge in [-0.3, -0.25) is 4.79 Å². The topological polar surface area (TPSA) is 64.4 Å². The second kappa shape index (κ2) is 8.88. The molecule has 1 aromatic carbocycles. The Morgan fingerprint density at radius 1 is 1.26 bits per heavy atom. The molecule has 0 aliphatic rings. The molecule has 0 aliphatic heterocycles. The number of hydrogen-bond acceptors (Lipinski definition) is 3. The smallest absolute Gasteiger partial charge is 0.367 e. The minimum Gasteiger partial charge on any atom is -0.367 e. The molecule has 0 aliphatic carbocycles. The standard InChI is InChI=1S/C16H23F3N2O2/c1-3-11(2)14(20)15(22)21-8-12-4-6-13(7-5-12)9-23-10-16(17,18)19/h4-7,11,14H,3,8-10,20H2,1-2H3,(H,21,22). The highest BCUT2D eigenvalue weighted by Gasteiger charge is 2.27. The summed E-state index contributed by atoms with van der Waals surface area (Å²) in [4.78, 5) is 11.9. The third-order valence-electron chi connectivity index (χ3n) is 3.58. The Morgan fingerprint density at radius 3 is 2.35 bits per heavy atom. The van der Waals surface area contributed by atoms with Crippen molar-refractivity contribution in [1.82, 2.24) is 5.32 Å². The van der Waals surface area contributed by atoms with E-state index in [1.165, 1.54) is 0 Å². The summed E-state index contributed by atoms with van der Waals surface area (Å²) in [6.07, 6.45) is -3.50. The van der Waals surface area contributed by atoms with Crippen molar-refractivity contribution in [3.63, 3.8) is 0 Å². The van der Waals surface area contributed by atoms with Gasteiger partial charge in [0.2, 0.25) is 5.91 Å². The summed E-state index contributed by atoms with van der Waals surface area (Å²) >= 11 is 0. The van der Waals surface area contributed by atoms with Crippen LogP contribution in [0.5, 0.6) is 0 Å². The molecule has 3 N–H and O–H groups in total. The van der Waals surface area contributed by atoms with Crippen LogP contribution in [0, 0.1) is 5.92 Å². The van der Waals surface area contributed by atoms with Crippen LogP contribution in [-0.4, -0.2) is 24.7 Å². The highest BCUT2D eigenvalue weighted by molar-refractivity contribution is 5.81. The van der Waals surface area contributed by atoms with Crippen molar-refractivity contribution in [2.24, 2.45) is 11.7 Å². The lowest BCUT2D eigenvalue weighted by Gasteiger charge is -2.17. The third kappa shape index (κ3) is 7.47. The van der Waals surface area contributed by atoms with E-state index in [2.05, 4.69) is 10.1 Å². The monoisotopic (exact) mass is 332 g/mol. The number of ether oxygens (including phenoxy) is 1. The molecule has 0 fully saturated rings. The van der Waals surface area contributed by atoms with E-state index in [9.17, 15) is 18.0 Å². The van der Waals surface area contributed by atoms with Gasteiger partial charge in [-0.25, -0.2) is 0 Å². The fourth-order valence-electron chi connectivity index (χ4n) is 1.86. The maximum Gasteiger partial charge on any atom is 0.411 e. The molecule has 1 aromatic rings. The second-order valence-electron chi connectivity index (χ2n) is 5.55. The van der Waals surface area contributed by atoms with Gasteiger partial charge in [0.25, 0.3) is 0 Å². The Morgan fingerprint density at radius 2 is 1.83 bits per heavy atom. The van der Waals surface area contributed by atoms with E-state index in [0.29, 0.717) is 12.1 Å². The molecule has 0 spiro atoms. The van der Waals surface area contributed by atoms with Gasteiger partial charge < -0.3 is 15.8 Å².